The molecule has 132 valence electrons. The second-order valence-electron chi connectivity index (χ2n) is 6.67. The average Bonchev–Trinajstić information content (AvgIpc) is 2.97. The van der Waals surface area contributed by atoms with E-state index in [1.165, 1.54) is 5.56 Å². The zero-order valence-corrected chi connectivity index (χ0v) is 15.0. The number of ether oxygens (including phenoxy) is 1. The van der Waals surface area contributed by atoms with Gasteiger partial charge < -0.3 is 15.0 Å². The first-order chi connectivity index (χ1) is 11.5. The number of likely N-dealkylation sites (tertiary alicyclic amines) is 1. The van der Waals surface area contributed by atoms with Gasteiger partial charge in [0, 0.05) is 25.8 Å². The van der Waals surface area contributed by atoms with Crippen LogP contribution in [0.2, 0.25) is 0 Å². The summed E-state index contributed by atoms with van der Waals surface area (Å²) in [7, 11) is 1.62. The van der Waals surface area contributed by atoms with E-state index in [2.05, 4.69) is 31.3 Å². The highest BCUT2D eigenvalue weighted by Crippen LogP contribution is 2.24. The van der Waals surface area contributed by atoms with Gasteiger partial charge in [0.15, 0.2) is 0 Å². The van der Waals surface area contributed by atoms with Crippen LogP contribution in [0, 0.1) is 5.92 Å². The van der Waals surface area contributed by atoms with Gasteiger partial charge in [-0.25, -0.2) is 0 Å². The molecule has 1 saturated heterocycles. The van der Waals surface area contributed by atoms with Crippen molar-refractivity contribution in [2.75, 3.05) is 25.6 Å². The Morgan fingerprint density at radius 3 is 2.58 bits per heavy atom. The normalized spacial score (nSPS) is 20.1. The lowest BCUT2D eigenvalue weighted by Crippen LogP contribution is -2.38. The summed E-state index contributed by atoms with van der Waals surface area (Å²) in [5.41, 5.74) is 2.05. The van der Waals surface area contributed by atoms with Gasteiger partial charge in [-0.1, -0.05) is 26.0 Å². The van der Waals surface area contributed by atoms with Crippen LogP contribution in [0.25, 0.3) is 0 Å². The molecule has 1 aliphatic rings. The Morgan fingerprint density at radius 2 is 2.00 bits per heavy atom. The van der Waals surface area contributed by atoms with Crippen molar-refractivity contribution in [1.82, 2.24) is 4.90 Å². The van der Waals surface area contributed by atoms with Crippen LogP contribution < -0.4 is 5.32 Å². The largest absolute Gasteiger partial charge is 0.383 e. The maximum atomic E-state index is 12.4. The summed E-state index contributed by atoms with van der Waals surface area (Å²) in [4.78, 5) is 26.3. The lowest BCUT2D eigenvalue weighted by molar-refractivity contribution is -0.130. The Hall–Kier alpha value is -1.88. The zero-order chi connectivity index (χ0) is 17.7. The highest BCUT2D eigenvalue weighted by Gasteiger charge is 2.36. The lowest BCUT2D eigenvalue weighted by atomic mass is 9.98. The molecule has 0 bridgehead atoms. The molecule has 1 aromatic carbocycles. The molecule has 5 nitrogen and oxygen atoms in total. The van der Waals surface area contributed by atoms with Crippen LogP contribution in [-0.4, -0.2) is 43.0 Å². The number of rotatable bonds is 7. The molecule has 1 fully saturated rings. The topological polar surface area (TPSA) is 58.6 Å². The van der Waals surface area contributed by atoms with Crippen molar-refractivity contribution in [2.24, 2.45) is 5.92 Å². The van der Waals surface area contributed by atoms with Crippen molar-refractivity contribution in [3.63, 3.8) is 0 Å². The number of carbonyl (C=O) groups excluding carboxylic acids is 2. The molecule has 1 aromatic rings. The van der Waals surface area contributed by atoms with Crippen LogP contribution >= 0.6 is 0 Å². The van der Waals surface area contributed by atoms with E-state index in [-0.39, 0.29) is 30.2 Å². The van der Waals surface area contributed by atoms with E-state index in [0.717, 1.165) is 12.1 Å². The number of amides is 2. The minimum Gasteiger partial charge on any atom is -0.383 e. The maximum Gasteiger partial charge on any atom is 0.229 e. The fourth-order valence-electron chi connectivity index (χ4n) is 3.04. The molecule has 0 aromatic heterocycles. The minimum absolute atomic E-state index is 0.00452. The monoisotopic (exact) mass is 332 g/mol. The van der Waals surface area contributed by atoms with Gasteiger partial charge in [0.25, 0.3) is 0 Å². The molecular weight excluding hydrogens is 304 g/mol. The van der Waals surface area contributed by atoms with Crippen LogP contribution in [0.1, 0.15) is 45.1 Å². The quantitative estimate of drug-likeness (QED) is 0.835. The van der Waals surface area contributed by atoms with E-state index >= 15 is 0 Å². The molecule has 0 aliphatic carbocycles. The van der Waals surface area contributed by atoms with Crippen LogP contribution in [-0.2, 0) is 14.3 Å². The molecule has 2 amide bonds. The number of nitrogens with one attached hydrogen (secondary N) is 1. The Morgan fingerprint density at radius 1 is 1.33 bits per heavy atom. The second-order valence-corrected chi connectivity index (χ2v) is 6.67. The third kappa shape index (κ3) is 4.35. The third-order valence-electron chi connectivity index (χ3n) is 4.83. The smallest absolute Gasteiger partial charge is 0.229 e. The number of hydrogen-bond acceptors (Lipinski definition) is 3. The van der Waals surface area contributed by atoms with Gasteiger partial charge in [0.1, 0.15) is 0 Å². The van der Waals surface area contributed by atoms with Crippen molar-refractivity contribution in [3.05, 3.63) is 29.8 Å². The Kier molecular flexibility index (Phi) is 6.37. The molecule has 5 heteroatoms. The zero-order valence-electron chi connectivity index (χ0n) is 15.0. The first-order valence-corrected chi connectivity index (χ1v) is 8.65. The number of anilines is 1. The first kappa shape index (κ1) is 18.5. The van der Waals surface area contributed by atoms with Crippen molar-refractivity contribution < 1.29 is 14.3 Å². The SMILES string of the molecule is CC[C@H](C)c1ccc(NC(=O)[C@@H]2CC(=O)N([C@@H](C)COC)C2)cc1. The molecule has 2 rings (SSSR count). The highest BCUT2D eigenvalue weighted by atomic mass is 16.5. The van der Waals surface area contributed by atoms with Gasteiger partial charge in [0.2, 0.25) is 11.8 Å². The van der Waals surface area contributed by atoms with E-state index < -0.39 is 0 Å². The molecule has 1 aliphatic heterocycles. The third-order valence-corrected chi connectivity index (χ3v) is 4.83. The number of hydrogen-bond donors (Lipinski definition) is 1. The van der Waals surface area contributed by atoms with Crippen LogP contribution in [0.3, 0.4) is 0 Å². The van der Waals surface area contributed by atoms with Gasteiger partial charge in [-0.15, -0.1) is 0 Å². The fraction of sp³-hybridized carbons (Fsp3) is 0.579. The molecule has 3 atom stereocenters. The van der Waals surface area contributed by atoms with Crippen molar-refractivity contribution in [3.8, 4) is 0 Å². The van der Waals surface area contributed by atoms with E-state index in [9.17, 15) is 9.59 Å². The molecule has 0 spiro atoms. The van der Waals surface area contributed by atoms with Gasteiger partial charge in [-0.3, -0.25) is 9.59 Å². The van der Waals surface area contributed by atoms with E-state index in [1.807, 2.05) is 19.1 Å². The molecule has 0 unspecified atom stereocenters. The number of benzene rings is 1. The molecule has 1 heterocycles. The highest BCUT2D eigenvalue weighted by molar-refractivity contribution is 5.97. The minimum atomic E-state index is -0.300. The summed E-state index contributed by atoms with van der Waals surface area (Å²) in [6.07, 6.45) is 1.36. The van der Waals surface area contributed by atoms with Crippen molar-refractivity contribution in [1.29, 1.82) is 0 Å². The first-order valence-electron chi connectivity index (χ1n) is 8.65. The summed E-state index contributed by atoms with van der Waals surface area (Å²) < 4.78 is 5.10. The average molecular weight is 332 g/mol. The predicted octanol–water partition coefficient (Wildman–Crippen LogP) is 3.02. The van der Waals surface area contributed by atoms with Gasteiger partial charge in [-0.05, 0) is 37.0 Å². The standard InChI is InChI=1S/C19H28N2O3/c1-5-13(2)15-6-8-17(9-7-15)20-19(23)16-10-18(22)21(11-16)14(3)12-24-4/h6-9,13-14,16H,5,10-12H2,1-4H3,(H,20,23)/t13-,14-,16+/m0/s1. The van der Waals surface area contributed by atoms with E-state index in [0.29, 0.717) is 19.1 Å². The number of nitrogens with zero attached hydrogens (tertiary/aromatic N) is 1. The van der Waals surface area contributed by atoms with Crippen molar-refractivity contribution in [2.45, 2.75) is 45.6 Å². The summed E-state index contributed by atoms with van der Waals surface area (Å²) in [6, 6.07) is 7.96. The lowest BCUT2D eigenvalue weighted by Gasteiger charge is -2.23. The van der Waals surface area contributed by atoms with Crippen LogP contribution in [0.4, 0.5) is 5.69 Å². The van der Waals surface area contributed by atoms with E-state index in [1.54, 1.807) is 12.0 Å². The summed E-state index contributed by atoms with van der Waals surface area (Å²) in [5.74, 6) is 0.141. The summed E-state index contributed by atoms with van der Waals surface area (Å²) >= 11 is 0. The number of carbonyl (C=O) groups is 2. The Labute approximate surface area is 144 Å². The van der Waals surface area contributed by atoms with E-state index in [4.69, 9.17) is 4.74 Å². The molecular formula is C19H28N2O3. The summed E-state index contributed by atoms with van der Waals surface area (Å²) in [5, 5.41) is 2.93. The van der Waals surface area contributed by atoms with Crippen molar-refractivity contribution >= 4 is 17.5 Å². The Bertz CT molecular complexity index is 570. The van der Waals surface area contributed by atoms with Gasteiger partial charge in [-0.2, -0.15) is 0 Å². The number of methoxy groups -OCH3 is 1. The molecule has 0 radical (unpaired) electrons. The summed E-state index contributed by atoms with van der Waals surface area (Å²) in [6.45, 7) is 7.23. The van der Waals surface area contributed by atoms with Gasteiger partial charge >= 0.3 is 0 Å². The van der Waals surface area contributed by atoms with Crippen LogP contribution in [0.15, 0.2) is 24.3 Å². The Balaban J connectivity index is 1.94. The predicted molar refractivity (Wildman–Crippen MR) is 94.9 cm³/mol. The molecule has 24 heavy (non-hydrogen) atoms. The second kappa shape index (κ2) is 8.29. The fourth-order valence-corrected chi connectivity index (χ4v) is 3.04. The maximum absolute atomic E-state index is 12.4. The molecule has 1 N–H and O–H groups in total. The van der Waals surface area contributed by atoms with Gasteiger partial charge in [0.05, 0.1) is 18.6 Å². The molecule has 0 saturated carbocycles. The van der Waals surface area contributed by atoms with Crippen LogP contribution in [0.5, 0.6) is 0 Å².